The van der Waals surface area contributed by atoms with E-state index in [9.17, 15) is 14.4 Å². The normalized spacial score (nSPS) is 18.9. The molecular formula is C18H27N3O3. The number of hydrogen-bond donors (Lipinski definition) is 1. The van der Waals surface area contributed by atoms with E-state index >= 15 is 0 Å². The van der Waals surface area contributed by atoms with Crippen molar-refractivity contribution < 1.29 is 9.59 Å². The van der Waals surface area contributed by atoms with Gasteiger partial charge in [0.1, 0.15) is 5.56 Å². The van der Waals surface area contributed by atoms with Crippen LogP contribution in [0, 0.1) is 6.92 Å². The molecule has 24 heavy (non-hydrogen) atoms. The van der Waals surface area contributed by atoms with Crippen LogP contribution in [-0.4, -0.2) is 58.2 Å². The Morgan fingerprint density at radius 2 is 1.96 bits per heavy atom. The average Bonchev–Trinajstić information content (AvgIpc) is 2.53. The van der Waals surface area contributed by atoms with Crippen LogP contribution in [0.3, 0.4) is 0 Å². The van der Waals surface area contributed by atoms with Crippen molar-refractivity contribution in [3.63, 3.8) is 0 Å². The quantitative estimate of drug-likeness (QED) is 0.853. The summed E-state index contributed by atoms with van der Waals surface area (Å²) in [6.07, 6.45) is 0.949. The number of aromatic nitrogens is 1. The molecule has 0 aromatic carbocycles. The van der Waals surface area contributed by atoms with Gasteiger partial charge in [-0.05, 0) is 40.2 Å². The molecule has 1 amide bonds. The van der Waals surface area contributed by atoms with Gasteiger partial charge in [0.2, 0.25) is 0 Å². The van der Waals surface area contributed by atoms with Gasteiger partial charge in [0.05, 0.1) is 0 Å². The van der Waals surface area contributed by atoms with E-state index in [0.29, 0.717) is 36.4 Å². The Bertz CT molecular complexity index is 693. The third-order valence-corrected chi connectivity index (χ3v) is 4.80. The number of ketones is 1. The van der Waals surface area contributed by atoms with E-state index in [1.807, 2.05) is 0 Å². The van der Waals surface area contributed by atoms with Crippen molar-refractivity contribution in [2.24, 2.45) is 0 Å². The molecule has 0 saturated carbocycles. The standard InChI is InChI=1S/C18H27N3O3/c1-6-14-10-20(7-8-21(14)11(2)3)18(24)16-9-15(13(5)22)12(4)19-17(16)23/h9,11,14H,6-8,10H2,1-5H3,(H,19,23). The molecule has 6 nitrogen and oxygen atoms in total. The van der Waals surface area contributed by atoms with Crippen LogP contribution in [0.4, 0.5) is 0 Å². The maximum Gasteiger partial charge on any atom is 0.261 e. The summed E-state index contributed by atoms with van der Waals surface area (Å²) in [5.74, 6) is -0.450. The average molecular weight is 333 g/mol. The Labute approximate surface area is 142 Å². The second kappa shape index (κ2) is 7.30. The van der Waals surface area contributed by atoms with Gasteiger partial charge in [0.15, 0.2) is 5.78 Å². The van der Waals surface area contributed by atoms with Gasteiger partial charge in [-0.1, -0.05) is 6.92 Å². The minimum absolute atomic E-state index is 0.0543. The van der Waals surface area contributed by atoms with E-state index in [2.05, 4.69) is 30.7 Å². The highest BCUT2D eigenvalue weighted by Crippen LogP contribution is 2.18. The van der Waals surface area contributed by atoms with Crippen molar-refractivity contribution in [2.75, 3.05) is 19.6 Å². The zero-order valence-electron chi connectivity index (χ0n) is 15.2. The molecule has 1 saturated heterocycles. The summed E-state index contributed by atoms with van der Waals surface area (Å²) in [6, 6.07) is 2.16. The largest absolute Gasteiger partial charge is 0.336 e. The zero-order valence-corrected chi connectivity index (χ0v) is 15.2. The molecule has 0 bridgehead atoms. The molecule has 1 aromatic heterocycles. The number of carbonyl (C=O) groups excluding carboxylic acids is 2. The lowest BCUT2D eigenvalue weighted by atomic mass is 10.0. The maximum atomic E-state index is 12.8. The third-order valence-electron chi connectivity index (χ3n) is 4.80. The third kappa shape index (κ3) is 3.59. The fourth-order valence-electron chi connectivity index (χ4n) is 3.42. The lowest BCUT2D eigenvalue weighted by Gasteiger charge is -2.43. The number of amides is 1. The fraction of sp³-hybridized carbons (Fsp3) is 0.611. The van der Waals surface area contributed by atoms with Crippen LogP contribution in [0.5, 0.6) is 0 Å². The molecule has 1 atom stereocenters. The Morgan fingerprint density at radius 3 is 2.50 bits per heavy atom. The van der Waals surface area contributed by atoms with Gasteiger partial charge in [-0.3, -0.25) is 19.3 Å². The van der Waals surface area contributed by atoms with Crippen molar-refractivity contribution in [1.29, 1.82) is 0 Å². The molecule has 0 spiro atoms. The number of piperazine rings is 1. The highest BCUT2D eigenvalue weighted by molar-refractivity contribution is 5.99. The molecule has 6 heteroatoms. The Balaban J connectivity index is 2.28. The number of carbonyl (C=O) groups is 2. The Hall–Kier alpha value is -1.95. The second-order valence-corrected chi connectivity index (χ2v) is 6.75. The molecule has 1 unspecified atom stereocenters. The summed E-state index contributed by atoms with van der Waals surface area (Å²) in [5.41, 5.74) is 0.520. The number of H-pyrrole nitrogens is 1. The van der Waals surface area contributed by atoms with Gasteiger partial charge < -0.3 is 9.88 Å². The first-order valence-corrected chi connectivity index (χ1v) is 8.56. The Kier molecular flexibility index (Phi) is 5.59. The lowest BCUT2D eigenvalue weighted by molar-refractivity contribution is 0.0370. The molecule has 2 rings (SSSR count). The van der Waals surface area contributed by atoms with Crippen molar-refractivity contribution in [2.45, 2.75) is 53.1 Å². The summed E-state index contributed by atoms with van der Waals surface area (Å²) >= 11 is 0. The van der Waals surface area contributed by atoms with Gasteiger partial charge in [0.25, 0.3) is 11.5 Å². The van der Waals surface area contributed by atoms with Gasteiger partial charge in [-0.2, -0.15) is 0 Å². The fourth-order valence-corrected chi connectivity index (χ4v) is 3.42. The minimum Gasteiger partial charge on any atom is -0.336 e. The number of Topliss-reactive ketones (excluding diaryl/α,β-unsaturated/α-hetero) is 1. The molecular weight excluding hydrogens is 306 g/mol. The van der Waals surface area contributed by atoms with Crippen LogP contribution in [0.2, 0.25) is 0 Å². The molecule has 1 N–H and O–H groups in total. The zero-order chi connectivity index (χ0) is 18.0. The van der Waals surface area contributed by atoms with E-state index in [0.717, 1.165) is 13.0 Å². The minimum atomic E-state index is -0.429. The van der Waals surface area contributed by atoms with Gasteiger partial charge in [-0.25, -0.2) is 0 Å². The van der Waals surface area contributed by atoms with E-state index in [1.54, 1.807) is 11.8 Å². The molecule has 1 aliphatic heterocycles. The smallest absolute Gasteiger partial charge is 0.261 e. The van der Waals surface area contributed by atoms with Crippen molar-refractivity contribution in [3.8, 4) is 0 Å². The molecule has 1 aliphatic rings. The highest BCUT2D eigenvalue weighted by atomic mass is 16.2. The number of nitrogens with zero attached hydrogens (tertiary/aromatic N) is 2. The summed E-state index contributed by atoms with van der Waals surface area (Å²) < 4.78 is 0. The van der Waals surface area contributed by atoms with Crippen LogP contribution in [-0.2, 0) is 0 Å². The molecule has 0 radical (unpaired) electrons. The van der Waals surface area contributed by atoms with Crippen LogP contribution >= 0.6 is 0 Å². The first kappa shape index (κ1) is 18.4. The van der Waals surface area contributed by atoms with Crippen molar-refractivity contribution in [3.05, 3.63) is 33.2 Å². The number of nitrogens with one attached hydrogen (secondary N) is 1. The molecule has 132 valence electrons. The first-order chi connectivity index (χ1) is 11.3. The van der Waals surface area contributed by atoms with Crippen LogP contribution in [0.25, 0.3) is 0 Å². The van der Waals surface area contributed by atoms with Crippen LogP contribution < -0.4 is 5.56 Å². The van der Waals surface area contributed by atoms with Gasteiger partial charge >= 0.3 is 0 Å². The first-order valence-electron chi connectivity index (χ1n) is 8.56. The van der Waals surface area contributed by atoms with E-state index in [-0.39, 0.29) is 17.3 Å². The van der Waals surface area contributed by atoms with Gasteiger partial charge in [0, 0.05) is 43.0 Å². The van der Waals surface area contributed by atoms with Crippen LogP contribution in [0.15, 0.2) is 10.9 Å². The summed E-state index contributed by atoms with van der Waals surface area (Å²) in [7, 11) is 0. The SMILES string of the molecule is CCC1CN(C(=O)c2cc(C(C)=O)c(C)[nH]c2=O)CCN1C(C)C. The van der Waals surface area contributed by atoms with Crippen molar-refractivity contribution >= 4 is 11.7 Å². The van der Waals surface area contributed by atoms with E-state index in [1.165, 1.54) is 13.0 Å². The number of pyridine rings is 1. The lowest BCUT2D eigenvalue weighted by Crippen LogP contribution is -2.56. The summed E-state index contributed by atoms with van der Waals surface area (Å²) in [6.45, 7) is 11.5. The predicted molar refractivity (Wildman–Crippen MR) is 93.6 cm³/mol. The monoisotopic (exact) mass is 333 g/mol. The predicted octanol–water partition coefficient (Wildman–Crippen LogP) is 1.83. The maximum absolute atomic E-state index is 12.8. The molecule has 0 aliphatic carbocycles. The number of rotatable bonds is 4. The number of hydrogen-bond acceptors (Lipinski definition) is 4. The molecule has 1 aromatic rings. The van der Waals surface area contributed by atoms with Crippen LogP contribution in [0.1, 0.15) is 60.5 Å². The topological polar surface area (TPSA) is 73.5 Å². The molecule has 1 fully saturated rings. The molecule has 2 heterocycles. The number of aromatic amines is 1. The second-order valence-electron chi connectivity index (χ2n) is 6.75. The van der Waals surface area contributed by atoms with Crippen molar-refractivity contribution in [1.82, 2.24) is 14.8 Å². The van der Waals surface area contributed by atoms with E-state index < -0.39 is 5.56 Å². The van der Waals surface area contributed by atoms with Gasteiger partial charge in [-0.15, -0.1) is 0 Å². The summed E-state index contributed by atoms with van der Waals surface area (Å²) in [4.78, 5) is 43.5. The Morgan fingerprint density at radius 1 is 1.29 bits per heavy atom. The number of aryl methyl sites for hydroxylation is 1. The highest BCUT2D eigenvalue weighted by Gasteiger charge is 2.31. The summed E-state index contributed by atoms with van der Waals surface area (Å²) in [5, 5.41) is 0. The van der Waals surface area contributed by atoms with E-state index in [4.69, 9.17) is 0 Å².